The molecule has 0 aliphatic carbocycles. The number of aromatic nitrogens is 4. The van der Waals surface area contributed by atoms with Crippen LogP contribution >= 0.6 is 0 Å². The molecule has 0 aliphatic heterocycles. The van der Waals surface area contributed by atoms with Gasteiger partial charge in [-0.1, -0.05) is 0 Å². The zero-order valence-electron chi connectivity index (χ0n) is 16.5. The van der Waals surface area contributed by atoms with Crippen LogP contribution in [-0.4, -0.2) is 44.3 Å². The third kappa shape index (κ3) is 4.41. The topological polar surface area (TPSA) is 82.3 Å². The van der Waals surface area contributed by atoms with Gasteiger partial charge in [-0.3, -0.25) is 9.55 Å². The van der Waals surface area contributed by atoms with Gasteiger partial charge >= 0.3 is 6.61 Å². The molecular weight excluding hydrogens is 432 g/mol. The number of hydrogen-bond donors (Lipinski definition) is 1. The van der Waals surface area contributed by atoms with Crippen LogP contribution in [0.3, 0.4) is 0 Å². The summed E-state index contributed by atoms with van der Waals surface area (Å²) in [5.41, 5.74) is 2.41. The maximum absolute atomic E-state index is 12.5. The second kappa shape index (κ2) is 8.69. The Morgan fingerprint density at radius 3 is 2.69 bits per heavy atom. The van der Waals surface area contributed by atoms with Crippen molar-refractivity contribution < 1.29 is 32.1 Å². The van der Waals surface area contributed by atoms with Crippen LogP contribution in [0.2, 0.25) is 0 Å². The fourth-order valence-corrected chi connectivity index (χ4v) is 3.23. The maximum Gasteiger partial charge on any atom is 0.387 e. The minimum atomic E-state index is -2.98. The highest BCUT2D eigenvalue weighted by Gasteiger charge is 2.17. The number of alkyl halides is 4. The molecule has 11 heteroatoms. The van der Waals surface area contributed by atoms with Crippen molar-refractivity contribution in [2.45, 2.75) is 20.0 Å². The van der Waals surface area contributed by atoms with Crippen molar-refractivity contribution in [2.24, 2.45) is 0 Å². The van der Waals surface area contributed by atoms with Crippen LogP contribution in [0.5, 0.6) is 17.5 Å². The van der Waals surface area contributed by atoms with Crippen molar-refractivity contribution in [1.29, 1.82) is 0 Å². The summed E-state index contributed by atoms with van der Waals surface area (Å²) >= 11 is 0. The number of fused-ring (bicyclic) bond motifs is 1. The Morgan fingerprint density at radius 2 is 1.94 bits per heavy atom. The zero-order chi connectivity index (χ0) is 22.8. The van der Waals surface area contributed by atoms with Gasteiger partial charge in [0.05, 0.1) is 28.5 Å². The summed E-state index contributed by atoms with van der Waals surface area (Å²) in [5, 5.41) is 11.2. The number of aromatic hydroxyl groups is 1. The molecule has 0 radical (unpaired) electrons. The van der Waals surface area contributed by atoms with E-state index in [-0.39, 0.29) is 17.5 Å². The normalized spacial score (nSPS) is 11.5. The molecule has 0 amide bonds. The number of pyridine rings is 3. The van der Waals surface area contributed by atoms with Crippen LogP contribution in [0.15, 0.2) is 49.1 Å². The van der Waals surface area contributed by atoms with E-state index < -0.39 is 19.6 Å². The molecule has 0 atom stereocenters. The Balaban J connectivity index is 1.74. The van der Waals surface area contributed by atoms with E-state index in [2.05, 4.69) is 19.7 Å². The Kier molecular flexibility index (Phi) is 5.80. The summed E-state index contributed by atoms with van der Waals surface area (Å²) in [4.78, 5) is 12.3. The Morgan fingerprint density at radius 1 is 1.12 bits per heavy atom. The van der Waals surface area contributed by atoms with Crippen molar-refractivity contribution in [3.8, 4) is 34.5 Å². The fraction of sp³-hybridized carbons (Fsp3) is 0.190. The van der Waals surface area contributed by atoms with Gasteiger partial charge in [-0.05, 0) is 30.7 Å². The molecule has 0 aliphatic rings. The molecule has 4 aromatic heterocycles. The molecule has 32 heavy (non-hydrogen) atoms. The van der Waals surface area contributed by atoms with Crippen LogP contribution in [0.1, 0.15) is 5.56 Å². The van der Waals surface area contributed by atoms with Gasteiger partial charge in [0.2, 0.25) is 11.8 Å². The molecule has 1 N–H and O–H groups in total. The first kappa shape index (κ1) is 21.3. The minimum Gasteiger partial charge on any atom is -0.494 e. The molecule has 4 rings (SSSR count). The molecule has 0 saturated carbocycles. The third-order valence-corrected chi connectivity index (χ3v) is 4.54. The molecule has 4 heterocycles. The summed E-state index contributed by atoms with van der Waals surface area (Å²) in [7, 11) is 0. The molecule has 0 spiro atoms. The lowest BCUT2D eigenvalue weighted by atomic mass is 10.1. The number of hydrogen-bond acceptors (Lipinski definition) is 6. The molecular formula is C21H16F4N4O3. The van der Waals surface area contributed by atoms with E-state index in [0.29, 0.717) is 33.4 Å². The first-order valence-corrected chi connectivity index (χ1v) is 9.31. The highest BCUT2D eigenvalue weighted by molar-refractivity contribution is 5.90. The lowest BCUT2D eigenvalue weighted by Gasteiger charge is -2.08. The molecule has 0 aromatic carbocycles. The zero-order valence-corrected chi connectivity index (χ0v) is 16.5. The predicted molar refractivity (Wildman–Crippen MR) is 107 cm³/mol. The van der Waals surface area contributed by atoms with Gasteiger partial charge in [0, 0.05) is 30.2 Å². The van der Waals surface area contributed by atoms with Gasteiger partial charge in [0.1, 0.15) is 5.75 Å². The summed E-state index contributed by atoms with van der Waals surface area (Å²) in [6.07, 6.45) is 2.90. The van der Waals surface area contributed by atoms with Crippen LogP contribution < -0.4 is 9.47 Å². The number of aryl methyl sites for hydroxylation is 1. The first-order valence-electron chi connectivity index (χ1n) is 9.31. The van der Waals surface area contributed by atoms with E-state index in [9.17, 15) is 22.7 Å². The van der Waals surface area contributed by atoms with Crippen LogP contribution in [0.25, 0.3) is 27.8 Å². The van der Waals surface area contributed by atoms with Gasteiger partial charge in [-0.25, -0.2) is 18.7 Å². The summed E-state index contributed by atoms with van der Waals surface area (Å²) in [6.45, 7) is -2.03. The number of ether oxygens (including phenoxy) is 2. The van der Waals surface area contributed by atoms with E-state index >= 15 is 0 Å². The molecule has 0 saturated heterocycles. The summed E-state index contributed by atoms with van der Waals surface area (Å²) in [6, 6.07) is 6.05. The van der Waals surface area contributed by atoms with Gasteiger partial charge in [-0.2, -0.15) is 8.78 Å². The predicted octanol–water partition coefficient (Wildman–Crippen LogP) is 4.74. The quantitative estimate of drug-likeness (QED) is 0.411. The van der Waals surface area contributed by atoms with E-state index in [1.54, 1.807) is 25.3 Å². The number of nitrogens with zero attached hydrogens (tertiary/aromatic N) is 4. The Hall–Kier alpha value is -3.89. The van der Waals surface area contributed by atoms with Crippen molar-refractivity contribution in [3.63, 3.8) is 0 Å². The van der Waals surface area contributed by atoms with Crippen LogP contribution in [0.4, 0.5) is 17.6 Å². The second-order valence-electron chi connectivity index (χ2n) is 6.75. The van der Waals surface area contributed by atoms with E-state index in [1.165, 1.54) is 35.3 Å². The molecule has 0 fully saturated rings. The van der Waals surface area contributed by atoms with Crippen LogP contribution in [0, 0.1) is 6.92 Å². The smallest absolute Gasteiger partial charge is 0.387 e. The minimum absolute atomic E-state index is 0.0211. The third-order valence-electron chi connectivity index (χ3n) is 4.54. The van der Waals surface area contributed by atoms with Crippen molar-refractivity contribution in [2.75, 3.05) is 6.61 Å². The Bertz CT molecular complexity index is 1260. The monoisotopic (exact) mass is 448 g/mol. The SMILES string of the molecule is Cc1cc(-c2cncc(OC(F)F)c2)nc2cn(-c3ccnc(OCC(F)F)c3)c(O)c12. The lowest BCUT2D eigenvalue weighted by molar-refractivity contribution is -0.0500. The molecule has 0 bridgehead atoms. The van der Waals surface area contributed by atoms with E-state index in [0.717, 1.165) is 0 Å². The average molecular weight is 448 g/mol. The summed E-state index contributed by atoms with van der Waals surface area (Å²) in [5.74, 6) is -0.242. The van der Waals surface area contributed by atoms with Crippen molar-refractivity contribution >= 4 is 10.9 Å². The molecule has 0 unspecified atom stereocenters. The maximum atomic E-state index is 12.5. The first-order chi connectivity index (χ1) is 15.3. The molecule has 166 valence electrons. The standard InChI is InChI=1S/C21H16F4N4O3/c1-11-4-15(12-5-14(8-26-7-12)32-21(24)25)28-16-9-29(20(30)19(11)16)13-2-3-27-18(6-13)31-10-17(22)23/h2-9,17,21,30H,10H2,1H3. The lowest BCUT2D eigenvalue weighted by Crippen LogP contribution is -2.08. The van der Waals surface area contributed by atoms with Gasteiger partial charge < -0.3 is 14.6 Å². The molecule has 4 aromatic rings. The second-order valence-corrected chi connectivity index (χ2v) is 6.75. The van der Waals surface area contributed by atoms with Crippen LogP contribution in [-0.2, 0) is 0 Å². The fourth-order valence-electron chi connectivity index (χ4n) is 3.23. The number of halogens is 4. The molecule has 7 nitrogen and oxygen atoms in total. The van der Waals surface area contributed by atoms with Gasteiger partial charge in [0.15, 0.2) is 6.61 Å². The van der Waals surface area contributed by atoms with E-state index in [4.69, 9.17) is 4.74 Å². The van der Waals surface area contributed by atoms with E-state index in [1.807, 2.05) is 0 Å². The van der Waals surface area contributed by atoms with Crippen molar-refractivity contribution in [1.82, 2.24) is 19.5 Å². The largest absolute Gasteiger partial charge is 0.494 e. The average Bonchev–Trinajstić information content (AvgIpc) is 3.09. The van der Waals surface area contributed by atoms with Gasteiger partial charge in [0.25, 0.3) is 6.43 Å². The Labute approximate surface area is 178 Å². The van der Waals surface area contributed by atoms with Gasteiger partial charge in [-0.15, -0.1) is 0 Å². The highest BCUT2D eigenvalue weighted by atomic mass is 19.3. The van der Waals surface area contributed by atoms with Crippen molar-refractivity contribution in [3.05, 3.63) is 54.6 Å². The summed E-state index contributed by atoms with van der Waals surface area (Å²) < 4.78 is 60.6. The highest BCUT2D eigenvalue weighted by Crippen LogP contribution is 2.35. The number of rotatable bonds is 7.